The maximum Gasteiger partial charge on any atom is 0.293 e. The molecule has 124 valence electrons. The van der Waals surface area contributed by atoms with Crippen molar-refractivity contribution in [2.24, 2.45) is 5.92 Å². The number of piperidine rings is 1. The van der Waals surface area contributed by atoms with Crippen LogP contribution in [0.2, 0.25) is 0 Å². The Morgan fingerprint density at radius 2 is 2.08 bits per heavy atom. The maximum absolute atomic E-state index is 12.1. The van der Waals surface area contributed by atoms with Gasteiger partial charge in [-0.2, -0.15) is 0 Å². The summed E-state index contributed by atoms with van der Waals surface area (Å²) in [6, 6.07) is 8.70. The zero-order chi connectivity index (χ0) is 16.7. The summed E-state index contributed by atoms with van der Waals surface area (Å²) in [4.78, 5) is 26.2. The normalized spacial score (nSPS) is 21.9. The molecule has 0 saturated carbocycles. The summed E-state index contributed by atoms with van der Waals surface area (Å²) in [5.41, 5.74) is 1.12. The van der Waals surface area contributed by atoms with Crippen LogP contribution >= 0.6 is 12.2 Å². The molecular formula is C17H17N3O3S. The molecule has 2 atom stereocenters. The quantitative estimate of drug-likeness (QED) is 0.796. The number of likely N-dealkylation sites (tertiary alicyclic amines) is 1. The summed E-state index contributed by atoms with van der Waals surface area (Å²) in [6.07, 6.45) is 2.51. The van der Waals surface area contributed by atoms with Crippen molar-refractivity contribution < 1.29 is 9.21 Å². The number of carbonyl (C=O) groups excluding carboxylic acids is 1. The standard InChI is InChI=1S/C17H17N3O3S/c21-15-5-1-3-13-12-7-11(9-20(13)15)8-19(10-12)17(24)18-16(22)14-4-2-6-23-14/h1-6,11-12H,7-10H2,(H,18,22,24)/t11-,12+/m0/s1. The summed E-state index contributed by atoms with van der Waals surface area (Å²) < 4.78 is 6.97. The van der Waals surface area contributed by atoms with Gasteiger partial charge in [0.2, 0.25) is 0 Å². The summed E-state index contributed by atoms with van der Waals surface area (Å²) in [6.45, 7) is 2.16. The number of fused-ring (bicyclic) bond motifs is 4. The predicted octanol–water partition coefficient (Wildman–Crippen LogP) is 1.58. The Kier molecular flexibility index (Phi) is 3.72. The van der Waals surface area contributed by atoms with Gasteiger partial charge in [-0.1, -0.05) is 6.07 Å². The third kappa shape index (κ3) is 2.65. The van der Waals surface area contributed by atoms with Crippen molar-refractivity contribution in [1.82, 2.24) is 14.8 Å². The van der Waals surface area contributed by atoms with Crippen molar-refractivity contribution in [3.05, 3.63) is 58.4 Å². The van der Waals surface area contributed by atoms with E-state index in [1.54, 1.807) is 18.2 Å². The first-order valence-corrected chi connectivity index (χ1v) is 8.36. The van der Waals surface area contributed by atoms with Crippen molar-refractivity contribution in [2.75, 3.05) is 13.1 Å². The molecule has 1 fully saturated rings. The van der Waals surface area contributed by atoms with Gasteiger partial charge in [0.05, 0.1) is 6.26 Å². The molecule has 2 bridgehead atoms. The van der Waals surface area contributed by atoms with E-state index in [-0.39, 0.29) is 23.1 Å². The van der Waals surface area contributed by atoms with Crippen LogP contribution < -0.4 is 10.9 Å². The second kappa shape index (κ2) is 5.90. The summed E-state index contributed by atoms with van der Waals surface area (Å²) >= 11 is 5.41. The number of carbonyl (C=O) groups is 1. The molecule has 0 aliphatic carbocycles. The molecule has 0 unspecified atom stereocenters. The van der Waals surface area contributed by atoms with E-state index < -0.39 is 0 Å². The number of hydrogen-bond donors (Lipinski definition) is 1. The molecule has 2 aliphatic rings. The van der Waals surface area contributed by atoms with Crippen LogP contribution in [0.1, 0.15) is 28.6 Å². The van der Waals surface area contributed by atoms with Crippen molar-refractivity contribution in [1.29, 1.82) is 0 Å². The summed E-state index contributed by atoms with van der Waals surface area (Å²) in [7, 11) is 0. The molecule has 7 heteroatoms. The third-order valence-electron chi connectivity index (χ3n) is 4.73. The Hall–Kier alpha value is -2.41. The second-order valence-corrected chi connectivity index (χ2v) is 6.73. The Labute approximate surface area is 144 Å². The fraction of sp³-hybridized carbons (Fsp3) is 0.353. The van der Waals surface area contributed by atoms with Gasteiger partial charge in [0.1, 0.15) is 0 Å². The SMILES string of the molecule is O=C(NC(=S)N1C[C@@H]2C[C@H](C1)c1cccc(=O)n1C2)c1ccco1. The van der Waals surface area contributed by atoms with Crippen LogP contribution in [0.3, 0.4) is 0 Å². The number of aromatic nitrogens is 1. The van der Waals surface area contributed by atoms with Gasteiger partial charge >= 0.3 is 0 Å². The van der Waals surface area contributed by atoms with Gasteiger partial charge in [0, 0.05) is 37.3 Å². The fourth-order valence-corrected chi connectivity index (χ4v) is 3.95. The molecule has 4 heterocycles. The van der Waals surface area contributed by atoms with Gasteiger partial charge in [-0.3, -0.25) is 14.9 Å². The molecule has 1 N–H and O–H groups in total. The Balaban J connectivity index is 1.50. The molecule has 2 aromatic heterocycles. The van der Waals surface area contributed by atoms with E-state index in [0.717, 1.165) is 18.7 Å². The van der Waals surface area contributed by atoms with Crippen molar-refractivity contribution in [3.63, 3.8) is 0 Å². The summed E-state index contributed by atoms with van der Waals surface area (Å²) in [5.74, 6) is 0.517. The van der Waals surface area contributed by atoms with Crippen LogP contribution in [0.4, 0.5) is 0 Å². The van der Waals surface area contributed by atoms with Gasteiger partial charge in [-0.25, -0.2) is 0 Å². The highest BCUT2D eigenvalue weighted by molar-refractivity contribution is 7.80. The molecule has 4 rings (SSSR count). The van der Waals surface area contributed by atoms with E-state index in [2.05, 4.69) is 5.32 Å². The monoisotopic (exact) mass is 343 g/mol. The van der Waals surface area contributed by atoms with E-state index in [1.165, 1.54) is 6.26 Å². The molecule has 1 amide bonds. The lowest BCUT2D eigenvalue weighted by Crippen LogP contribution is -2.52. The van der Waals surface area contributed by atoms with Crippen LogP contribution in [-0.2, 0) is 6.54 Å². The summed E-state index contributed by atoms with van der Waals surface area (Å²) in [5, 5.41) is 3.15. The molecule has 2 aromatic rings. The molecule has 0 spiro atoms. The van der Waals surface area contributed by atoms with Crippen molar-refractivity contribution >= 4 is 23.2 Å². The Morgan fingerprint density at radius 3 is 2.88 bits per heavy atom. The number of rotatable bonds is 1. The topological polar surface area (TPSA) is 67.5 Å². The van der Waals surface area contributed by atoms with Gasteiger partial charge in [0.25, 0.3) is 11.5 Å². The molecule has 0 radical (unpaired) electrons. The largest absolute Gasteiger partial charge is 0.459 e. The smallest absolute Gasteiger partial charge is 0.293 e. The molecule has 6 nitrogen and oxygen atoms in total. The lowest BCUT2D eigenvalue weighted by molar-refractivity contribution is 0.0941. The molecule has 24 heavy (non-hydrogen) atoms. The third-order valence-corrected chi connectivity index (χ3v) is 5.09. The van der Waals surface area contributed by atoms with Crippen molar-refractivity contribution in [2.45, 2.75) is 18.9 Å². The number of nitrogens with zero attached hydrogens (tertiary/aromatic N) is 2. The van der Waals surface area contributed by atoms with Gasteiger partial charge < -0.3 is 13.9 Å². The lowest BCUT2D eigenvalue weighted by atomic mass is 9.83. The second-order valence-electron chi connectivity index (χ2n) is 6.34. The minimum absolute atomic E-state index is 0.0596. The number of amides is 1. The highest BCUT2D eigenvalue weighted by atomic mass is 32.1. The van der Waals surface area contributed by atoms with Crippen molar-refractivity contribution in [3.8, 4) is 0 Å². The number of furan rings is 1. The first-order chi connectivity index (χ1) is 11.6. The zero-order valence-corrected chi connectivity index (χ0v) is 13.8. The fourth-order valence-electron chi connectivity index (χ4n) is 3.71. The van der Waals surface area contributed by atoms with Crippen LogP contribution in [0.5, 0.6) is 0 Å². The minimum atomic E-state index is -0.336. The maximum atomic E-state index is 12.1. The van der Waals surface area contributed by atoms with E-state index >= 15 is 0 Å². The van der Waals surface area contributed by atoms with Crippen LogP contribution in [-0.4, -0.2) is 33.6 Å². The molecule has 1 saturated heterocycles. The highest BCUT2D eigenvalue weighted by Crippen LogP contribution is 2.34. The lowest BCUT2D eigenvalue weighted by Gasteiger charge is -2.43. The molecule has 0 aromatic carbocycles. The minimum Gasteiger partial charge on any atom is -0.459 e. The van der Waals surface area contributed by atoms with Crippen LogP contribution in [0.15, 0.2) is 45.8 Å². The predicted molar refractivity (Wildman–Crippen MR) is 91.9 cm³/mol. The first kappa shape index (κ1) is 15.1. The van der Waals surface area contributed by atoms with Crippen LogP contribution in [0, 0.1) is 5.92 Å². The first-order valence-electron chi connectivity index (χ1n) is 7.95. The van der Waals surface area contributed by atoms with Gasteiger partial charge in [-0.05, 0) is 42.8 Å². The number of thiocarbonyl (C=S) groups is 1. The molecular weight excluding hydrogens is 326 g/mol. The van der Waals surface area contributed by atoms with E-state index in [9.17, 15) is 9.59 Å². The Bertz CT molecular complexity index is 843. The average molecular weight is 343 g/mol. The highest BCUT2D eigenvalue weighted by Gasteiger charge is 2.35. The van der Waals surface area contributed by atoms with E-state index in [1.807, 2.05) is 21.6 Å². The number of pyridine rings is 1. The van der Waals surface area contributed by atoms with Crippen LogP contribution in [0.25, 0.3) is 0 Å². The Morgan fingerprint density at radius 1 is 1.21 bits per heavy atom. The van der Waals surface area contributed by atoms with Gasteiger partial charge in [-0.15, -0.1) is 0 Å². The molecule has 2 aliphatic heterocycles. The zero-order valence-electron chi connectivity index (χ0n) is 13.0. The van der Waals surface area contributed by atoms with Gasteiger partial charge in [0.15, 0.2) is 10.9 Å². The average Bonchev–Trinajstić information content (AvgIpc) is 3.10. The van der Waals surface area contributed by atoms with E-state index in [4.69, 9.17) is 16.6 Å². The van der Waals surface area contributed by atoms with E-state index in [0.29, 0.717) is 24.1 Å². The number of nitrogens with one attached hydrogen (secondary N) is 1. The number of hydrogen-bond acceptors (Lipinski definition) is 4.